The summed E-state index contributed by atoms with van der Waals surface area (Å²) in [5.74, 6) is -2.04. The molecule has 0 fully saturated rings. The Morgan fingerprint density at radius 2 is 1.77 bits per heavy atom. The molecule has 0 bridgehead atoms. The smallest absolute Gasteiger partial charge is 0.347 e. The minimum atomic E-state index is -4.48. The number of halogens is 3. The molecule has 0 aliphatic carbocycles. The summed E-state index contributed by atoms with van der Waals surface area (Å²) in [7, 11) is 0. The molecule has 0 saturated carbocycles. The zero-order valence-electron chi connectivity index (χ0n) is 12.0. The van der Waals surface area contributed by atoms with Crippen molar-refractivity contribution in [2.24, 2.45) is 11.7 Å². The van der Waals surface area contributed by atoms with E-state index in [1.165, 1.54) is 0 Å². The van der Waals surface area contributed by atoms with Gasteiger partial charge in [-0.3, -0.25) is 9.59 Å². The number of rotatable bonds is 6. The van der Waals surface area contributed by atoms with Gasteiger partial charge in [-0.15, -0.1) is 0 Å². The third-order valence-electron chi connectivity index (χ3n) is 3.05. The molecule has 1 aromatic carbocycles. The van der Waals surface area contributed by atoms with Crippen LogP contribution in [0.2, 0.25) is 0 Å². The average Bonchev–Trinajstić information content (AvgIpc) is 2.49. The number of benzene rings is 1. The lowest BCUT2D eigenvalue weighted by Gasteiger charge is -2.19. The highest BCUT2D eigenvalue weighted by Gasteiger charge is 2.28. The van der Waals surface area contributed by atoms with Gasteiger partial charge in [0.1, 0.15) is 6.54 Å². The highest BCUT2D eigenvalue weighted by Crippen LogP contribution is 2.18. The zero-order valence-corrected chi connectivity index (χ0v) is 12.0. The van der Waals surface area contributed by atoms with E-state index in [4.69, 9.17) is 5.73 Å². The van der Waals surface area contributed by atoms with Crippen molar-refractivity contribution in [3.63, 3.8) is 0 Å². The van der Waals surface area contributed by atoms with Crippen LogP contribution in [0.1, 0.15) is 18.5 Å². The first-order valence-corrected chi connectivity index (χ1v) is 6.62. The van der Waals surface area contributed by atoms with Crippen LogP contribution in [0, 0.1) is 5.92 Å². The number of hydrogen-bond donors (Lipinski definition) is 3. The van der Waals surface area contributed by atoms with E-state index in [2.05, 4.69) is 5.32 Å². The molecular formula is C14H18F3N3O2. The minimum Gasteiger partial charge on any atom is -0.347 e. The molecule has 22 heavy (non-hydrogen) atoms. The van der Waals surface area contributed by atoms with Gasteiger partial charge < -0.3 is 16.4 Å². The van der Waals surface area contributed by atoms with Gasteiger partial charge in [-0.1, -0.05) is 37.3 Å². The lowest BCUT2D eigenvalue weighted by molar-refractivity contribution is -0.138. The molecule has 0 saturated heterocycles. The molecule has 0 aliphatic heterocycles. The van der Waals surface area contributed by atoms with Gasteiger partial charge in [-0.2, -0.15) is 13.2 Å². The summed E-state index contributed by atoms with van der Waals surface area (Å²) < 4.78 is 35.8. The Labute approximate surface area is 126 Å². The maximum Gasteiger partial charge on any atom is 0.405 e. The van der Waals surface area contributed by atoms with E-state index in [0.717, 1.165) is 5.56 Å². The van der Waals surface area contributed by atoms with E-state index in [0.29, 0.717) is 0 Å². The van der Waals surface area contributed by atoms with Crippen LogP contribution in [0.15, 0.2) is 30.3 Å². The van der Waals surface area contributed by atoms with Crippen LogP contribution in [0.25, 0.3) is 0 Å². The van der Waals surface area contributed by atoms with Gasteiger partial charge in [0.25, 0.3) is 0 Å². The van der Waals surface area contributed by atoms with Crippen LogP contribution in [0.3, 0.4) is 0 Å². The molecule has 8 heteroatoms. The Balaban J connectivity index is 2.43. The third-order valence-corrected chi connectivity index (χ3v) is 3.05. The van der Waals surface area contributed by atoms with E-state index < -0.39 is 43.0 Å². The number of hydrogen-bond acceptors (Lipinski definition) is 3. The summed E-state index contributed by atoms with van der Waals surface area (Å²) in [4.78, 5) is 23.1. The first kappa shape index (κ1) is 18.0. The highest BCUT2D eigenvalue weighted by atomic mass is 19.4. The van der Waals surface area contributed by atoms with Gasteiger partial charge in [-0.05, 0) is 5.56 Å². The zero-order chi connectivity index (χ0) is 16.8. The summed E-state index contributed by atoms with van der Waals surface area (Å²) in [6.45, 7) is -0.373. The van der Waals surface area contributed by atoms with Crippen molar-refractivity contribution in [1.82, 2.24) is 10.6 Å². The molecule has 0 aromatic heterocycles. The second kappa shape index (κ2) is 7.79. The molecule has 4 N–H and O–H groups in total. The fourth-order valence-electron chi connectivity index (χ4n) is 1.72. The Morgan fingerprint density at radius 3 is 2.32 bits per heavy atom. The van der Waals surface area contributed by atoms with E-state index in [9.17, 15) is 22.8 Å². The van der Waals surface area contributed by atoms with Crippen molar-refractivity contribution >= 4 is 11.8 Å². The van der Waals surface area contributed by atoms with Crippen LogP contribution < -0.4 is 16.4 Å². The van der Waals surface area contributed by atoms with Crippen molar-refractivity contribution in [2.75, 3.05) is 13.1 Å². The molecule has 0 spiro atoms. The quantitative estimate of drug-likeness (QED) is 0.735. The second-order valence-electron chi connectivity index (χ2n) is 4.83. The van der Waals surface area contributed by atoms with E-state index >= 15 is 0 Å². The van der Waals surface area contributed by atoms with Crippen molar-refractivity contribution in [1.29, 1.82) is 0 Å². The standard InChI is InChI=1S/C14H18F3N3O2/c1-9(12(18)10-5-3-2-4-6-10)13(22)19-7-11(21)20-8-14(15,16)17/h2-6,9,12H,7-8,18H2,1H3,(H,19,22)(H,20,21). The van der Waals surface area contributed by atoms with Crippen LogP contribution in [-0.2, 0) is 9.59 Å². The molecule has 1 aromatic rings. The van der Waals surface area contributed by atoms with E-state index in [1.54, 1.807) is 36.5 Å². The SMILES string of the molecule is CC(C(=O)NCC(=O)NCC(F)(F)F)C(N)c1ccccc1. The second-order valence-corrected chi connectivity index (χ2v) is 4.83. The van der Waals surface area contributed by atoms with E-state index in [-0.39, 0.29) is 0 Å². The third kappa shape index (κ3) is 6.13. The summed E-state index contributed by atoms with van der Waals surface area (Å²) >= 11 is 0. The summed E-state index contributed by atoms with van der Waals surface area (Å²) in [6, 6.07) is 8.34. The summed E-state index contributed by atoms with van der Waals surface area (Å²) in [5.41, 5.74) is 6.71. The Hall–Kier alpha value is -2.09. The largest absolute Gasteiger partial charge is 0.405 e. The monoisotopic (exact) mass is 317 g/mol. The van der Waals surface area contributed by atoms with Crippen molar-refractivity contribution in [2.45, 2.75) is 19.1 Å². The molecule has 5 nitrogen and oxygen atoms in total. The highest BCUT2D eigenvalue weighted by molar-refractivity contribution is 5.86. The van der Waals surface area contributed by atoms with Crippen LogP contribution in [0.4, 0.5) is 13.2 Å². The first-order chi connectivity index (χ1) is 10.2. The molecule has 1 rings (SSSR count). The lowest BCUT2D eigenvalue weighted by Crippen LogP contribution is -2.43. The summed E-state index contributed by atoms with van der Waals surface area (Å²) in [5, 5.41) is 3.94. The topological polar surface area (TPSA) is 84.2 Å². The van der Waals surface area contributed by atoms with Crippen LogP contribution in [0.5, 0.6) is 0 Å². The van der Waals surface area contributed by atoms with Gasteiger partial charge in [0, 0.05) is 6.04 Å². The van der Waals surface area contributed by atoms with Gasteiger partial charge in [-0.25, -0.2) is 0 Å². The fourth-order valence-corrected chi connectivity index (χ4v) is 1.72. The molecule has 2 atom stereocenters. The number of nitrogens with two attached hydrogens (primary N) is 1. The number of nitrogens with one attached hydrogen (secondary N) is 2. The van der Waals surface area contributed by atoms with Gasteiger partial charge in [0.15, 0.2) is 0 Å². The van der Waals surface area contributed by atoms with E-state index in [1.807, 2.05) is 6.07 Å². The number of amides is 2. The molecule has 0 aliphatic rings. The maximum atomic E-state index is 11.9. The molecule has 0 radical (unpaired) electrons. The predicted molar refractivity (Wildman–Crippen MR) is 74.6 cm³/mol. The maximum absolute atomic E-state index is 11.9. The van der Waals surface area contributed by atoms with Crippen molar-refractivity contribution < 1.29 is 22.8 Å². The average molecular weight is 317 g/mol. The van der Waals surface area contributed by atoms with Crippen LogP contribution >= 0.6 is 0 Å². The lowest BCUT2D eigenvalue weighted by atomic mass is 9.95. The van der Waals surface area contributed by atoms with Crippen molar-refractivity contribution in [3.05, 3.63) is 35.9 Å². The molecular weight excluding hydrogens is 299 g/mol. The number of carbonyl (C=O) groups excluding carboxylic acids is 2. The van der Waals surface area contributed by atoms with Crippen molar-refractivity contribution in [3.8, 4) is 0 Å². The van der Waals surface area contributed by atoms with Gasteiger partial charge >= 0.3 is 6.18 Å². The minimum absolute atomic E-state index is 0.501. The Kier molecular flexibility index (Phi) is 6.36. The van der Waals surface area contributed by atoms with Crippen LogP contribution in [-0.4, -0.2) is 31.1 Å². The first-order valence-electron chi connectivity index (χ1n) is 6.62. The molecule has 122 valence electrons. The normalized spacial score (nSPS) is 14.0. The predicted octanol–water partition coefficient (Wildman–Crippen LogP) is 1.12. The van der Waals surface area contributed by atoms with Gasteiger partial charge in [0.05, 0.1) is 12.5 Å². The Bertz CT molecular complexity index is 506. The summed E-state index contributed by atoms with van der Waals surface area (Å²) in [6.07, 6.45) is -4.48. The van der Waals surface area contributed by atoms with Gasteiger partial charge in [0.2, 0.25) is 11.8 Å². The number of alkyl halides is 3. The Morgan fingerprint density at radius 1 is 1.18 bits per heavy atom. The fraction of sp³-hybridized carbons (Fsp3) is 0.429. The number of carbonyl (C=O) groups is 2. The molecule has 0 heterocycles. The molecule has 2 amide bonds. The molecule has 2 unspecified atom stereocenters.